The van der Waals surface area contributed by atoms with Gasteiger partial charge in [0.15, 0.2) is 0 Å². The molecule has 2 rings (SSSR count). The number of amides is 1. The molecule has 0 saturated carbocycles. The fourth-order valence-corrected chi connectivity index (χ4v) is 2.10. The molecule has 0 aliphatic carbocycles. The van der Waals surface area contributed by atoms with Gasteiger partial charge < -0.3 is 4.74 Å². The molecule has 0 radical (unpaired) electrons. The first-order chi connectivity index (χ1) is 10.2. The summed E-state index contributed by atoms with van der Waals surface area (Å²) in [5.74, 6) is 3.75. The molecule has 0 saturated heterocycles. The zero-order valence-corrected chi connectivity index (χ0v) is 12.8. The van der Waals surface area contributed by atoms with Crippen LogP contribution in [-0.4, -0.2) is 23.7 Å². The van der Waals surface area contributed by atoms with Crippen molar-refractivity contribution in [2.45, 2.75) is 39.5 Å². The average molecular weight is 284 g/mol. The minimum absolute atomic E-state index is 0.0403. The van der Waals surface area contributed by atoms with E-state index < -0.39 is 0 Å². The number of nitrogens with zero attached hydrogens (tertiary/aromatic N) is 2. The number of aryl methyl sites for hydroxylation is 1. The van der Waals surface area contributed by atoms with E-state index in [0.717, 1.165) is 35.4 Å². The van der Waals surface area contributed by atoms with Crippen molar-refractivity contribution in [2.24, 2.45) is 5.10 Å². The van der Waals surface area contributed by atoms with Crippen LogP contribution in [0.3, 0.4) is 0 Å². The first-order valence-electron chi connectivity index (χ1n) is 7.19. The first kappa shape index (κ1) is 15.1. The monoisotopic (exact) mass is 284 g/mol. The van der Waals surface area contributed by atoms with Gasteiger partial charge in [0.1, 0.15) is 5.75 Å². The molecule has 1 aromatic carbocycles. The molecule has 0 N–H and O–H groups in total. The molecule has 0 atom stereocenters. The van der Waals surface area contributed by atoms with Gasteiger partial charge in [-0.2, -0.15) is 10.1 Å². The van der Waals surface area contributed by atoms with E-state index in [9.17, 15) is 4.79 Å². The van der Waals surface area contributed by atoms with Gasteiger partial charge >= 0.3 is 0 Å². The van der Waals surface area contributed by atoms with Crippen LogP contribution in [0, 0.1) is 18.9 Å². The van der Waals surface area contributed by atoms with Gasteiger partial charge in [0.25, 0.3) is 5.91 Å². The quantitative estimate of drug-likeness (QED) is 0.800. The average Bonchev–Trinajstić information content (AvgIpc) is 2.50. The van der Waals surface area contributed by atoms with E-state index >= 15 is 0 Å². The molecule has 110 valence electrons. The molecule has 4 heteroatoms. The Balaban J connectivity index is 2.29. The van der Waals surface area contributed by atoms with Gasteiger partial charge in [-0.25, -0.2) is 0 Å². The molecule has 1 amide bonds. The highest BCUT2D eigenvalue weighted by atomic mass is 16.5. The molecule has 21 heavy (non-hydrogen) atoms. The maximum atomic E-state index is 11.8. The van der Waals surface area contributed by atoms with Crippen LogP contribution in [-0.2, 0) is 4.79 Å². The zero-order valence-electron chi connectivity index (χ0n) is 12.8. The number of ether oxygens (including phenoxy) is 1. The van der Waals surface area contributed by atoms with Gasteiger partial charge in [0, 0.05) is 30.9 Å². The van der Waals surface area contributed by atoms with E-state index in [-0.39, 0.29) is 5.91 Å². The van der Waals surface area contributed by atoms with Gasteiger partial charge in [0.2, 0.25) is 0 Å². The summed E-state index contributed by atoms with van der Waals surface area (Å²) >= 11 is 0. The Labute approximate surface area is 125 Å². The lowest BCUT2D eigenvalue weighted by molar-refractivity contribution is -0.128. The Morgan fingerprint density at radius 2 is 2.19 bits per heavy atom. The van der Waals surface area contributed by atoms with E-state index in [1.807, 2.05) is 25.1 Å². The predicted molar refractivity (Wildman–Crippen MR) is 83.0 cm³/mol. The molecule has 1 aliphatic heterocycles. The second-order valence-corrected chi connectivity index (χ2v) is 4.98. The van der Waals surface area contributed by atoms with Crippen molar-refractivity contribution in [1.82, 2.24) is 5.01 Å². The molecular weight excluding hydrogens is 264 g/mol. The number of unbranched alkanes of at least 4 members (excludes halogenated alkanes) is 1. The second kappa shape index (κ2) is 6.94. The van der Waals surface area contributed by atoms with Crippen molar-refractivity contribution in [2.75, 3.05) is 7.11 Å². The van der Waals surface area contributed by atoms with Gasteiger partial charge in [-0.3, -0.25) is 4.79 Å². The van der Waals surface area contributed by atoms with Crippen molar-refractivity contribution in [3.8, 4) is 17.7 Å². The van der Waals surface area contributed by atoms with E-state index in [2.05, 4.69) is 24.0 Å². The SMILES string of the molecule is CCCC#CN1N=C(c2ccc(C)c(OC)c2)CCC1=O. The Bertz CT molecular complexity index is 623. The number of rotatable bonds is 3. The van der Waals surface area contributed by atoms with E-state index in [1.54, 1.807) is 7.11 Å². The van der Waals surface area contributed by atoms with E-state index in [1.165, 1.54) is 5.01 Å². The van der Waals surface area contributed by atoms with Crippen molar-refractivity contribution < 1.29 is 9.53 Å². The van der Waals surface area contributed by atoms with Crippen LogP contribution >= 0.6 is 0 Å². The summed E-state index contributed by atoms with van der Waals surface area (Å²) in [5.41, 5.74) is 2.93. The van der Waals surface area contributed by atoms with Crippen LogP contribution in [0.2, 0.25) is 0 Å². The summed E-state index contributed by atoms with van der Waals surface area (Å²) in [6.07, 6.45) is 2.82. The van der Waals surface area contributed by atoms with Crippen LogP contribution in [0.15, 0.2) is 23.3 Å². The summed E-state index contributed by atoms with van der Waals surface area (Å²) in [6.45, 7) is 4.05. The van der Waals surface area contributed by atoms with Gasteiger partial charge in [0.05, 0.1) is 12.8 Å². The Morgan fingerprint density at radius 3 is 2.90 bits per heavy atom. The number of methoxy groups -OCH3 is 1. The molecule has 0 unspecified atom stereocenters. The Morgan fingerprint density at radius 1 is 1.38 bits per heavy atom. The molecule has 0 spiro atoms. The second-order valence-electron chi connectivity index (χ2n) is 4.98. The van der Waals surface area contributed by atoms with Crippen LogP contribution < -0.4 is 4.74 Å². The largest absolute Gasteiger partial charge is 0.496 e. The zero-order chi connectivity index (χ0) is 15.2. The van der Waals surface area contributed by atoms with Gasteiger partial charge in [-0.1, -0.05) is 25.0 Å². The smallest absolute Gasteiger partial charge is 0.255 e. The molecule has 1 aliphatic rings. The van der Waals surface area contributed by atoms with Crippen LogP contribution in [0.25, 0.3) is 0 Å². The highest BCUT2D eigenvalue weighted by Gasteiger charge is 2.20. The summed E-state index contributed by atoms with van der Waals surface area (Å²) in [6, 6.07) is 8.79. The molecule has 0 fully saturated rings. The minimum atomic E-state index is -0.0403. The third-order valence-electron chi connectivity index (χ3n) is 3.33. The Hall–Kier alpha value is -2.28. The van der Waals surface area contributed by atoms with Crippen LogP contribution in [0.5, 0.6) is 5.75 Å². The fourth-order valence-electron chi connectivity index (χ4n) is 2.10. The number of benzene rings is 1. The third-order valence-corrected chi connectivity index (χ3v) is 3.33. The standard InChI is InChI=1S/C17H20N2O2/c1-4-5-6-11-19-17(20)10-9-15(18-19)14-8-7-13(2)16(12-14)21-3/h7-8,12H,4-5,9-10H2,1-3H3. The highest BCUT2D eigenvalue weighted by Crippen LogP contribution is 2.22. The third kappa shape index (κ3) is 3.63. The predicted octanol–water partition coefficient (Wildman–Crippen LogP) is 3.09. The van der Waals surface area contributed by atoms with Crippen molar-refractivity contribution in [3.63, 3.8) is 0 Å². The fraction of sp³-hybridized carbons (Fsp3) is 0.412. The molecule has 1 heterocycles. The molecule has 1 aromatic rings. The number of hydrazone groups is 1. The summed E-state index contributed by atoms with van der Waals surface area (Å²) in [5, 5.41) is 5.66. The topological polar surface area (TPSA) is 41.9 Å². The van der Waals surface area contributed by atoms with Crippen LogP contribution in [0.1, 0.15) is 43.7 Å². The molecule has 4 nitrogen and oxygen atoms in total. The summed E-state index contributed by atoms with van der Waals surface area (Å²) in [7, 11) is 1.65. The highest BCUT2D eigenvalue weighted by molar-refractivity contribution is 6.04. The van der Waals surface area contributed by atoms with Crippen molar-refractivity contribution in [3.05, 3.63) is 29.3 Å². The van der Waals surface area contributed by atoms with E-state index in [4.69, 9.17) is 4.74 Å². The number of hydrogen-bond donors (Lipinski definition) is 0. The maximum Gasteiger partial charge on any atom is 0.255 e. The lowest BCUT2D eigenvalue weighted by Crippen LogP contribution is -2.28. The van der Waals surface area contributed by atoms with Gasteiger partial charge in [-0.05, 0) is 25.0 Å². The molecule has 0 aromatic heterocycles. The number of carbonyl (C=O) groups is 1. The van der Waals surface area contributed by atoms with Crippen molar-refractivity contribution in [1.29, 1.82) is 0 Å². The first-order valence-corrected chi connectivity index (χ1v) is 7.19. The summed E-state index contributed by atoms with van der Waals surface area (Å²) in [4.78, 5) is 11.8. The minimum Gasteiger partial charge on any atom is -0.496 e. The lowest BCUT2D eigenvalue weighted by Gasteiger charge is -2.19. The Kier molecular flexibility index (Phi) is 4.99. The normalized spacial score (nSPS) is 14.3. The maximum absolute atomic E-state index is 11.8. The molecule has 0 bridgehead atoms. The van der Waals surface area contributed by atoms with Crippen LogP contribution in [0.4, 0.5) is 0 Å². The number of carbonyl (C=O) groups excluding carboxylic acids is 1. The lowest BCUT2D eigenvalue weighted by atomic mass is 10.0. The number of hydrogen-bond acceptors (Lipinski definition) is 3. The summed E-state index contributed by atoms with van der Waals surface area (Å²) < 4.78 is 5.34. The van der Waals surface area contributed by atoms with Crippen molar-refractivity contribution >= 4 is 11.6 Å². The van der Waals surface area contributed by atoms with E-state index in [0.29, 0.717) is 12.8 Å². The van der Waals surface area contributed by atoms with Gasteiger partial charge in [-0.15, -0.1) is 0 Å². The molecular formula is C17H20N2O2.